The minimum absolute atomic E-state index is 0.522. The van der Waals surface area contributed by atoms with E-state index in [2.05, 4.69) is 51.7 Å². The fourth-order valence-corrected chi connectivity index (χ4v) is 2.77. The molecule has 0 saturated heterocycles. The highest BCUT2D eigenvalue weighted by atomic mass is 16.5. The second-order valence-corrected chi connectivity index (χ2v) is 5.93. The van der Waals surface area contributed by atoms with Crippen molar-refractivity contribution in [3.63, 3.8) is 0 Å². The second-order valence-electron chi connectivity index (χ2n) is 5.93. The van der Waals surface area contributed by atoms with Gasteiger partial charge < -0.3 is 4.74 Å². The van der Waals surface area contributed by atoms with Crippen molar-refractivity contribution in [3.05, 3.63) is 59.4 Å². The van der Waals surface area contributed by atoms with Crippen LogP contribution in [-0.4, -0.2) is 22.8 Å². The molecule has 0 radical (unpaired) electrons. The van der Waals surface area contributed by atoms with E-state index in [0.717, 1.165) is 45.6 Å². The monoisotopic (exact) mass is 334 g/mol. The highest BCUT2D eigenvalue weighted by Crippen LogP contribution is 2.22. The molecule has 1 N–H and O–H groups in total. The van der Waals surface area contributed by atoms with Gasteiger partial charge in [-0.25, -0.2) is 15.4 Å². The smallest absolute Gasteiger partial charge is 0.243 e. The third kappa shape index (κ3) is 3.94. The highest BCUT2D eigenvalue weighted by molar-refractivity contribution is 6.03. The van der Waals surface area contributed by atoms with E-state index in [1.807, 2.05) is 32.0 Å². The molecule has 3 aromatic rings. The summed E-state index contributed by atoms with van der Waals surface area (Å²) in [5.74, 6) is 1.38. The summed E-state index contributed by atoms with van der Waals surface area (Å²) < 4.78 is 5.28. The fraction of sp³-hybridized carbons (Fsp3) is 0.250. The Morgan fingerprint density at radius 1 is 1.00 bits per heavy atom. The summed E-state index contributed by atoms with van der Waals surface area (Å²) in [5, 5.41) is 6.82. The number of methoxy groups -OCH3 is 1. The van der Waals surface area contributed by atoms with Crippen LogP contribution in [-0.2, 0) is 0 Å². The van der Waals surface area contributed by atoms with Gasteiger partial charge in [-0.15, -0.1) is 0 Å². The number of hydrogen-bond donors (Lipinski definition) is 1. The zero-order valence-electron chi connectivity index (χ0n) is 15.0. The number of aryl methyl sites for hydroxylation is 2. The number of anilines is 1. The topological polar surface area (TPSA) is 59.4 Å². The molecule has 5 heteroatoms. The molecule has 2 aromatic carbocycles. The first kappa shape index (κ1) is 16.9. The lowest BCUT2D eigenvalue weighted by Crippen LogP contribution is -2.06. The molecule has 0 atom stereocenters. The van der Waals surface area contributed by atoms with Crippen molar-refractivity contribution >= 4 is 22.4 Å². The van der Waals surface area contributed by atoms with Crippen LogP contribution >= 0.6 is 0 Å². The summed E-state index contributed by atoms with van der Waals surface area (Å²) in [6.07, 6.45) is 0.805. The van der Waals surface area contributed by atoms with Crippen molar-refractivity contribution in [2.24, 2.45) is 5.10 Å². The van der Waals surface area contributed by atoms with Crippen molar-refractivity contribution in [2.75, 3.05) is 12.5 Å². The molecular formula is C20H22N4O. The Kier molecular flexibility index (Phi) is 4.93. The van der Waals surface area contributed by atoms with Gasteiger partial charge in [0.25, 0.3) is 0 Å². The SMILES string of the molecule is CC/C(=N/Nc1nc(C)cc(C)n1)c1ccc2cc(OC)ccc2c1. The zero-order valence-corrected chi connectivity index (χ0v) is 15.0. The molecule has 128 valence electrons. The van der Waals surface area contributed by atoms with Gasteiger partial charge >= 0.3 is 0 Å². The Hall–Kier alpha value is -2.95. The summed E-state index contributed by atoms with van der Waals surface area (Å²) >= 11 is 0. The molecule has 0 aliphatic heterocycles. The number of hydrazone groups is 1. The number of hydrogen-bond acceptors (Lipinski definition) is 5. The van der Waals surface area contributed by atoms with Crippen molar-refractivity contribution in [3.8, 4) is 5.75 Å². The largest absolute Gasteiger partial charge is 0.497 e. The van der Waals surface area contributed by atoms with Crippen LogP contribution in [0.25, 0.3) is 10.8 Å². The summed E-state index contributed by atoms with van der Waals surface area (Å²) in [5.41, 5.74) is 6.87. The Morgan fingerprint density at radius 2 is 1.68 bits per heavy atom. The summed E-state index contributed by atoms with van der Waals surface area (Å²) in [6, 6.07) is 14.3. The van der Waals surface area contributed by atoms with E-state index < -0.39 is 0 Å². The van der Waals surface area contributed by atoms with Gasteiger partial charge in [-0.1, -0.05) is 25.1 Å². The normalized spacial score (nSPS) is 11.6. The van der Waals surface area contributed by atoms with Gasteiger partial charge in [0.05, 0.1) is 12.8 Å². The van der Waals surface area contributed by atoms with Gasteiger partial charge in [0.15, 0.2) is 0 Å². The molecule has 3 rings (SSSR count). The summed E-state index contributed by atoms with van der Waals surface area (Å²) in [6.45, 7) is 5.98. The van der Waals surface area contributed by atoms with Crippen molar-refractivity contribution in [2.45, 2.75) is 27.2 Å². The number of nitrogens with one attached hydrogen (secondary N) is 1. The summed E-state index contributed by atoms with van der Waals surface area (Å²) in [7, 11) is 1.68. The molecule has 1 aromatic heterocycles. The van der Waals surface area contributed by atoms with Gasteiger partial charge in [0.2, 0.25) is 5.95 Å². The average Bonchev–Trinajstić information content (AvgIpc) is 2.61. The first-order chi connectivity index (χ1) is 12.1. The molecule has 0 bridgehead atoms. The average molecular weight is 334 g/mol. The third-order valence-corrected chi connectivity index (χ3v) is 3.99. The van der Waals surface area contributed by atoms with Crippen LogP contribution in [0.1, 0.15) is 30.3 Å². The van der Waals surface area contributed by atoms with Crippen molar-refractivity contribution < 1.29 is 4.74 Å². The molecule has 0 aliphatic carbocycles. The highest BCUT2D eigenvalue weighted by Gasteiger charge is 2.05. The Morgan fingerprint density at radius 3 is 2.36 bits per heavy atom. The molecule has 0 spiro atoms. The van der Waals surface area contributed by atoms with Gasteiger partial charge in [0, 0.05) is 11.4 Å². The minimum atomic E-state index is 0.522. The minimum Gasteiger partial charge on any atom is -0.497 e. The molecule has 0 fully saturated rings. The van der Waals surface area contributed by atoms with Crippen LogP contribution in [0.4, 0.5) is 5.95 Å². The maximum absolute atomic E-state index is 5.28. The lowest BCUT2D eigenvalue weighted by molar-refractivity contribution is 0.415. The Bertz CT molecular complexity index is 914. The lowest BCUT2D eigenvalue weighted by Gasteiger charge is -2.08. The first-order valence-corrected chi connectivity index (χ1v) is 8.32. The van der Waals surface area contributed by atoms with Gasteiger partial charge in [-0.05, 0) is 60.9 Å². The predicted octanol–water partition coefficient (Wildman–Crippen LogP) is 4.48. The number of aromatic nitrogens is 2. The predicted molar refractivity (Wildman–Crippen MR) is 102 cm³/mol. The standard InChI is InChI=1S/C20H22N4O/c1-5-19(23-24-20-21-13(2)10-14(3)22-20)17-7-6-16-12-18(25-4)9-8-15(16)11-17/h6-12H,5H2,1-4H3,(H,21,22,24)/b23-19-. The lowest BCUT2D eigenvalue weighted by atomic mass is 10.0. The molecule has 5 nitrogen and oxygen atoms in total. The molecular weight excluding hydrogens is 312 g/mol. The molecule has 0 aliphatic rings. The maximum Gasteiger partial charge on any atom is 0.243 e. The van der Waals surface area contributed by atoms with E-state index in [4.69, 9.17) is 4.74 Å². The molecule has 0 unspecified atom stereocenters. The van der Waals surface area contributed by atoms with Gasteiger partial charge in [0.1, 0.15) is 5.75 Å². The molecule has 0 saturated carbocycles. The number of rotatable bonds is 5. The third-order valence-electron chi connectivity index (χ3n) is 3.99. The molecule has 1 heterocycles. The maximum atomic E-state index is 5.28. The van der Waals surface area contributed by atoms with E-state index in [1.54, 1.807) is 7.11 Å². The van der Waals surface area contributed by atoms with Crippen LogP contribution < -0.4 is 10.2 Å². The Balaban J connectivity index is 1.90. The van der Waals surface area contributed by atoms with E-state index in [0.29, 0.717) is 5.95 Å². The van der Waals surface area contributed by atoms with Gasteiger partial charge in [-0.3, -0.25) is 0 Å². The van der Waals surface area contributed by atoms with Crippen LogP contribution in [0, 0.1) is 13.8 Å². The number of fused-ring (bicyclic) bond motifs is 1. The summed E-state index contributed by atoms with van der Waals surface area (Å²) in [4.78, 5) is 8.72. The van der Waals surface area contributed by atoms with E-state index >= 15 is 0 Å². The molecule has 0 amide bonds. The number of ether oxygens (including phenoxy) is 1. The second kappa shape index (κ2) is 7.30. The van der Waals surface area contributed by atoms with Crippen LogP contribution in [0.2, 0.25) is 0 Å². The van der Waals surface area contributed by atoms with E-state index in [1.165, 1.54) is 0 Å². The van der Waals surface area contributed by atoms with Crippen LogP contribution in [0.3, 0.4) is 0 Å². The first-order valence-electron chi connectivity index (χ1n) is 8.32. The van der Waals surface area contributed by atoms with Gasteiger partial charge in [-0.2, -0.15) is 5.10 Å². The van der Waals surface area contributed by atoms with Crippen LogP contribution in [0.5, 0.6) is 5.75 Å². The van der Waals surface area contributed by atoms with Crippen molar-refractivity contribution in [1.82, 2.24) is 9.97 Å². The Labute approximate surface area is 147 Å². The van der Waals surface area contributed by atoms with Crippen LogP contribution in [0.15, 0.2) is 47.6 Å². The van der Waals surface area contributed by atoms with Crippen molar-refractivity contribution in [1.29, 1.82) is 0 Å². The fourth-order valence-electron chi connectivity index (χ4n) is 2.77. The van der Waals surface area contributed by atoms with E-state index in [-0.39, 0.29) is 0 Å². The molecule has 25 heavy (non-hydrogen) atoms. The number of benzene rings is 2. The van der Waals surface area contributed by atoms with E-state index in [9.17, 15) is 0 Å². The zero-order chi connectivity index (χ0) is 17.8. The quantitative estimate of drug-likeness (QED) is 0.552. The number of nitrogens with zero attached hydrogens (tertiary/aromatic N) is 3.